The predicted molar refractivity (Wildman–Crippen MR) is 93.4 cm³/mol. The molecule has 0 N–H and O–H groups in total. The van der Waals surface area contributed by atoms with Gasteiger partial charge in [-0.3, -0.25) is 0 Å². The molecule has 2 amide bonds. The molecule has 0 aliphatic carbocycles. The second-order valence-electron chi connectivity index (χ2n) is 6.15. The molecule has 26 heavy (non-hydrogen) atoms. The first-order valence-electron chi connectivity index (χ1n) is 8.11. The average Bonchev–Trinajstić information content (AvgIpc) is 3.21. The molecule has 1 fully saturated rings. The van der Waals surface area contributed by atoms with E-state index in [0.717, 1.165) is 5.56 Å². The van der Waals surface area contributed by atoms with Crippen LogP contribution in [-0.4, -0.2) is 82.2 Å². The van der Waals surface area contributed by atoms with Crippen LogP contribution in [-0.2, 0) is 16.0 Å². The van der Waals surface area contributed by atoms with Crippen molar-refractivity contribution in [1.29, 1.82) is 0 Å². The first-order valence-corrected chi connectivity index (χ1v) is 10.1. The van der Waals surface area contributed by atoms with Gasteiger partial charge < -0.3 is 0 Å². The molecule has 0 bridgehead atoms. The Morgan fingerprint density at radius 1 is 1.42 bits per heavy atom. The van der Waals surface area contributed by atoms with Crippen molar-refractivity contribution in [3.8, 4) is 0 Å². The third-order valence-corrected chi connectivity index (χ3v) is 6.39. The molecule has 2 aromatic rings. The zero-order valence-corrected chi connectivity index (χ0v) is 19.1. The maximum atomic E-state index is 12.2. The van der Waals surface area contributed by atoms with E-state index in [0.29, 0.717) is 12.4 Å². The van der Waals surface area contributed by atoms with Crippen molar-refractivity contribution < 1.29 is 19.1 Å². The molecule has 8 nitrogen and oxygen atoms in total. The fraction of sp³-hybridized carbons (Fsp3) is 0.353. The minimum atomic E-state index is -0.694. The molecule has 0 saturated carbocycles. The van der Waals surface area contributed by atoms with Gasteiger partial charge in [-0.15, -0.1) is 0 Å². The summed E-state index contributed by atoms with van der Waals surface area (Å²) >= 11 is 0.234. The predicted octanol–water partition coefficient (Wildman–Crippen LogP) is 1.57. The second-order valence-corrected chi connectivity index (χ2v) is 8.31. The fourth-order valence-corrected chi connectivity index (χ4v) is 3.92. The molecule has 3 rings (SSSR count). The molecule has 2 atom stereocenters. The van der Waals surface area contributed by atoms with Crippen LogP contribution in [0.4, 0.5) is 9.59 Å². The van der Waals surface area contributed by atoms with Gasteiger partial charge in [0.1, 0.15) is 0 Å². The summed E-state index contributed by atoms with van der Waals surface area (Å²) in [5.74, 6) is 0.595. The summed E-state index contributed by atoms with van der Waals surface area (Å²) in [5.41, 5.74) is 1.10. The van der Waals surface area contributed by atoms with Crippen LogP contribution in [0.2, 0.25) is 0 Å². The van der Waals surface area contributed by atoms with Gasteiger partial charge in [-0.25, -0.2) is 0 Å². The van der Waals surface area contributed by atoms with Gasteiger partial charge >= 0.3 is 168 Å². The molecule has 0 spiro atoms. The maximum absolute atomic E-state index is 12.2. The van der Waals surface area contributed by atoms with Gasteiger partial charge in [0.05, 0.1) is 0 Å². The SMILES string of the molecule is CN(C)C(=O)O[C@H](c1nccn1Cc1ccccc1)[C@@H]1COC(=O)[N]1[Tl]. The first-order chi connectivity index (χ1) is 12.5. The third kappa shape index (κ3) is 4.00. The first kappa shape index (κ1) is 18.7. The van der Waals surface area contributed by atoms with E-state index in [-0.39, 0.29) is 44.8 Å². The quantitative estimate of drug-likeness (QED) is 0.532. The normalized spacial score (nSPS) is 17.7. The van der Waals surface area contributed by atoms with Gasteiger partial charge in [-0.2, -0.15) is 0 Å². The summed E-state index contributed by atoms with van der Waals surface area (Å²) in [5, 5.41) is 0. The Morgan fingerprint density at radius 3 is 2.77 bits per heavy atom. The third-order valence-electron chi connectivity index (χ3n) is 4.09. The van der Waals surface area contributed by atoms with E-state index < -0.39 is 12.2 Å². The number of ether oxygens (including phenoxy) is 2. The van der Waals surface area contributed by atoms with Crippen molar-refractivity contribution in [2.75, 3.05) is 20.7 Å². The van der Waals surface area contributed by atoms with Crippen LogP contribution in [0.25, 0.3) is 0 Å². The second kappa shape index (κ2) is 8.06. The van der Waals surface area contributed by atoms with E-state index in [9.17, 15) is 9.59 Å². The number of cyclic esters (lactones) is 1. The van der Waals surface area contributed by atoms with Crippen LogP contribution >= 0.6 is 0 Å². The monoisotopic (exact) mass is 548 g/mol. The standard InChI is InChI=1S/C17H20N4O4.Tl/c1-20(2)17(23)25-14(13-11-24-16(22)19-13)15-18-8-9-21(15)10-12-6-4-3-5-7-12;/h3-9,13-14H,10-11H2,1-2H3,(H,19,22);/q;+1/p-1/t13-,14-;/m0./s1. The van der Waals surface area contributed by atoms with Crippen LogP contribution in [0.15, 0.2) is 42.7 Å². The number of carbonyl (C=O) groups is 2. The van der Waals surface area contributed by atoms with Crippen molar-refractivity contribution in [3.63, 3.8) is 0 Å². The van der Waals surface area contributed by atoms with Crippen LogP contribution in [0.5, 0.6) is 0 Å². The Labute approximate surface area is 167 Å². The summed E-state index contributed by atoms with van der Waals surface area (Å²) in [6, 6.07) is 9.58. The molecular formula is C17H19N4O4Tl. The zero-order valence-electron chi connectivity index (χ0n) is 14.6. The molecule has 1 saturated heterocycles. The summed E-state index contributed by atoms with van der Waals surface area (Å²) < 4.78 is 14.4. The summed E-state index contributed by atoms with van der Waals surface area (Å²) in [7, 11) is 3.23. The van der Waals surface area contributed by atoms with Gasteiger partial charge in [0.15, 0.2) is 0 Å². The van der Waals surface area contributed by atoms with Crippen molar-refractivity contribution in [2.45, 2.75) is 18.7 Å². The minimum absolute atomic E-state index is 0.179. The van der Waals surface area contributed by atoms with E-state index >= 15 is 0 Å². The number of hydrogen-bond donors (Lipinski definition) is 0. The number of carbonyl (C=O) groups excluding carboxylic acids is 2. The van der Waals surface area contributed by atoms with E-state index in [1.54, 1.807) is 23.0 Å². The van der Waals surface area contributed by atoms with E-state index in [1.807, 2.05) is 41.1 Å². The molecule has 9 heteroatoms. The molecule has 2 heterocycles. The molecule has 0 radical (unpaired) electrons. The van der Waals surface area contributed by atoms with Crippen LogP contribution in [0.1, 0.15) is 17.5 Å². The van der Waals surface area contributed by atoms with Crippen molar-refractivity contribution >= 4 is 38.3 Å². The molecular weight excluding hydrogens is 529 g/mol. The van der Waals surface area contributed by atoms with E-state index in [2.05, 4.69) is 4.98 Å². The number of nitrogens with zero attached hydrogens (tertiary/aromatic N) is 4. The number of rotatable bonds is 5. The van der Waals surface area contributed by atoms with Crippen LogP contribution in [0.3, 0.4) is 0 Å². The van der Waals surface area contributed by atoms with Crippen molar-refractivity contribution in [3.05, 3.63) is 54.1 Å². The Morgan fingerprint density at radius 2 is 2.15 bits per heavy atom. The summed E-state index contributed by atoms with van der Waals surface area (Å²) in [6.45, 7) is 0.774. The van der Waals surface area contributed by atoms with Crippen molar-refractivity contribution in [1.82, 2.24) is 17.2 Å². The summed E-state index contributed by atoms with van der Waals surface area (Å²) in [6.07, 6.45) is 1.97. The Kier molecular flexibility index (Phi) is 5.79. The topological polar surface area (TPSA) is 76.9 Å². The van der Waals surface area contributed by atoms with E-state index in [4.69, 9.17) is 9.47 Å². The van der Waals surface area contributed by atoms with Gasteiger partial charge in [0, 0.05) is 0 Å². The number of amides is 2. The van der Waals surface area contributed by atoms with Gasteiger partial charge in [-0.05, 0) is 0 Å². The van der Waals surface area contributed by atoms with Crippen LogP contribution in [0, 0.1) is 0 Å². The Balaban J connectivity index is 1.91. The number of aromatic nitrogens is 2. The number of imidazole rings is 1. The molecule has 1 aliphatic heterocycles. The summed E-state index contributed by atoms with van der Waals surface area (Å²) in [4.78, 5) is 29.8. The van der Waals surface area contributed by atoms with Gasteiger partial charge in [0.2, 0.25) is 0 Å². The zero-order chi connectivity index (χ0) is 18.7. The van der Waals surface area contributed by atoms with Gasteiger partial charge in [-0.1, -0.05) is 0 Å². The molecule has 0 unspecified atom stereocenters. The Hall–Kier alpha value is -2.11. The van der Waals surface area contributed by atoms with Gasteiger partial charge in [0.25, 0.3) is 0 Å². The van der Waals surface area contributed by atoms with Crippen LogP contribution < -0.4 is 0 Å². The Bertz CT molecular complexity index is 780. The average molecular weight is 548 g/mol. The van der Waals surface area contributed by atoms with E-state index in [1.165, 1.54) is 4.90 Å². The fourth-order valence-electron chi connectivity index (χ4n) is 2.69. The van der Waals surface area contributed by atoms with Crippen molar-refractivity contribution in [2.24, 2.45) is 0 Å². The molecule has 1 aliphatic rings. The molecule has 1 aromatic heterocycles. The molecule has 1 aromatic carbocycles. The number of benzene rings is 1. The number of hydrogen-bond acceptors (Lipinski definition) is 5. The molecule has 134 valence electrons.